The molecule has 1 aromatic carbocycles. The van der Waals surface area contributed by atoms with E-state index >= 15 is 0 Å². The van der Waals surface area contributed by atoms with Gasteiger partial charge in [0.1, 0.15) is 12.1 Å². The Morgan fingerprint density at radius 1 is 1.12 bits per heavy atom. The molecule has 3 rings (SSSR count). The SMILES string of the molecule is NCC(=O)N[C@H]1CCN[C@H](C(=O)N2C[C@H](NC(=O)C(O)CCc3ccccc3)C[C@H]2C(=O)O)C1. The molecule has 2 saturated heterocycles. The summed E-state index contributed by atoms with van der Waals surface area (Å²) in [5.74, 6) is -2.44. The van der Waals surface area contributed by atoms with E-state index in [9.17, 15) is 29.4 Å². The van der Waals surface area contributed by atoms with Crippen molar-refractivity contribution in [3.05, 3.63) is 35.9 Å². The van der Waals surface area contributed by atoms with Gasteiger partial charge in [0.15, 0.2) is 0 Å². The summed E-state index contributed by atoms with van der Waals surface area (Å²) in [5, 5.41) is 28.5. The number of aryl methyl sites for hydroxylation is 1. The summed E-state index contributed by atoms with van der Waals surface area (Å²) < 4.78 is 0. The number of nitrogens with one attached hydrogen (secondary N) is 3. The number of aliphatic carboxylic acids is 1. The Balaban J connectivity index is 1.55. The van der Waals surface area contributed by atoms with Crippen molar-refractivity contribution in [1.82, 2.24) is 20.9 Å². The monoisotopic (exact) mass is 475 g/mol. The molecule has 5 atom stereocenters. The second-order valence-electron chi connectivity index (χ2n) is 8.83. The number of hydrogen-bond donors (Lipinski definition) is 6. The molecule has 1 aromatic rings. The highest BCUT2D eigenvalue weighted by molar-refractivity contribution is 5.88. The van der Waals surface area contributed by atoms with E-state index in [0.29, 0.717) is 25.8 Å². The number of carboxylic acid groups (broad SMARTS) is 1. The van der Waals surface area contributed by atoms with Crippen LogP contribution in [0.4, 0.5) is 0 Å². The van der Waals surface area contributed by atoms with Crippen LogP contribution in [0.2, 0.25) is 0 Å². The number of carboxylic acids is 1. The lowest BCUT2D eigenvalue weighted by Crippen LogP contribution is -2.56. The van der Waals surface area contributed by atoms with Crippen molar-refractivity contribution < 1.29 is 29.4 Å². The van der Waals surface area contributed by atoms with Crippen molar-refractivity contribution in [2.75, 3.05) is 19.6 Å². The van der Waals surface area contributed by atoms with E-state index in [2.05, 4.69) is 16.0 Å². The van der Waals surface area contributed by atoms with Gasteiger partial charge in [0.25, 0.3) is 0 Å². The third-order valence-corrected chi connectivity index (χ3v) is 6.32. The van der Waals surface area contributed by atoms with Gasteiger partial charge in [-0.05, 0) is 37.8 Å². The minimum Gasteiger partial charge on any atom is -0.480 e. The molecule has 0 saturated carbocycles. The van der Waals surface area contributed by atoms with Gasteiger partial charge in [0, 0.05) is 25.0 Å². The molecule has 2 aliphatic rings. The van der Waals surface area contributed by atoms with E-state index in [-0.39, 0.29) is 43.8 Å². The van der Waals surface area contributed by atoms with Gasteiger partial charge in [-0.25, -0.2) is 4.79 Å². The molecule has 11 heteroatoms. The Morgan fingerprint density at radius 2 is 1.85 bits per heavy atom. The zero-order valence-electron chi connectivity index (χ0n) is 19.0. The smallest absolute Gasteiger partial charge is 0.326 e. The van der Waals surface area contributed by atoms with Gasteiger partial charge >= 0.3 is 5.97 Å². The first kappa shape index (κ1) is 25.6. The molecule has 0 bridgehead atoms. The summed E-state index contributed by atoms with van der Waals surface area (Å²) in [6.07, 6.45) is 0.533. The first-order valence-corrected chi connectivity index (χ1v) is 11.6. The second kappa shape index (κ2) is 11.9. The first-order chi connectivity index (χ1) is 16.3. The number of hydrogen-bond acceptors (Lipinski definition) is 7. The van der Waals surface area contributed by atoms with Gasteiger partial charge in [-0.1, -0.05) is 30.3 Å². The van der Waals surface area contributed by atoms with Crippen LogP contribution in [0.15, 0.2) is 30.3 Å². The number of carbonyl (C=O) groups excluding carboxylic acids is 3. The Labute approximate surface area is 198 Å². The molecule has 34 heavy (non-hydrogen) atoms. The fourth-order valence-corrected chi connectivity index (χ4v) is 4.52. The number of piperidine rings is 1. The number of carbonyl (C=O) groups is 4. The Bertz CT molecular complexity index is 882. The van der Waals surface area contributed by atoms with Crippen LogP contribution < -0.4 is 21.7 Å². The quantitative estimate of drug-likeness (QED) is 0.246. The molecule has 1 unspecified atom stereocenters. The topological polar surface area (TPSA) is 174 Å². The van der Waals surface area contributed by atoms with Gasteiger partial charge in [0.05, 0.1) is 12.6 Å². The average molecular weight is 476 g/mol. The van der Waals surface area contributed by atoms with Crippen molar-refractivity contribution in [1.29, 1.82) is 0 Å². The number of aliphatic hydroxyl groups is 1. The van der Waals surface area contributed by atoms with E-state index in [4.69, 9.17) is 5.73 Å². The van der Waals surface area contributed by atoms with Crippen molar-refractivity contribution in [2.45, 2.75) is 62.4 Å². The van der Waals surface area contributed by atoms with Crippen LogP contribution in [-0.2, 0) is 25.6 Å². The van der Waals surface area contributed by atoms with Gasteiger partial charge in [-0.15, -0.1) is 0 Å². The molecule has 0 spiro atoms. The minimum atomic E-state index is -1.24. The van der Waals surface area contributed by atoms with Crippen LogP contribution >= 0.6 is 0 Å². The van der Waals surface area contributed by atoms with E-state index in [1.807, 2.05) is 30.3 Å². The molecule has 3 amide bonds. The maximum atomic E-state index is 13.1. The molecule has 0 aliphatic carbocycles. The zero-order valence-corrected chi connectivity index (χ0v) is 19.0. The maximum Gasteiger partial charge on any atom is 0.326 e. The van der Waals surface area contributed by atoms with Gasteiger partial charge in [0.2, 0.25) is 17.7 Å². The Morgan fingerprint density at radius 3 is 2.53 bits per heavy atom. The summed E-state index contributed by atoms with van der Waals surface area (Å²) in [6, 6.07) is 6.93. The number of amides is 3. The van der Waals surface area contributed by atoms with Gasteiger partial charge in [-0.2, -0.15) is 0 Å². The highest BCUT2D eigenvalue weighted by Gasteiger charge is 2.43. The summed E-state index contributed by atoms with van der Waals surface area (Å²) in [7, 11) is 0. The van der Waals surface area contributed by atoms with Crippen LogP contribution in [0.3, 0.4) is 0 Å². The number of likely N-dealkylation sites (tertiary alicyclic amines) is 1. The molecular formula is C23H33N5O6. The fraction of sp³-hybridized carbons (Fsp3) is 0.565. The van der Waals surface area contributed by atoms with Crippen LogP contribution in [0, 0.1) is 0 Å². The molecule has 11 nitrogen and oxygen atoms in total. The summed E-state index contributed by atoms with van der Waals surface area (Å²) in [6.45, 7) is 0.380. The van der Waals surface area contributed by atoms with Crippen molar-refractivity contribution in [3.8, 4) is 0 Å². The van der Waals surface area contributed by atoms with Crippen LogP contribution in [-0.4, -0.2) is 88.7 Å². The standard InChI is InChI=1S/C23H33N5O6/c24-12-20(30)26-15-8-9-25-17(10-15)22(32)28-13-16(11-18(28)23(33)34)27-21(31)19(29)7-6-14-4-2-1-3-5-14/h1-5,15-19,25,29H,6-13,24H2,(H,26,30)(H,27,31)(H,33,34)/t15-,16+,17-,18-,19?/m0/s1. The number of nitrogens with zero attached hydrogens (tertiary/aromatic N) is 1. The molecule has 2 fully saturated rings. The van der Waals surface area contributed by atoms with E-state index in [0.717, 1.165) is 5.56 Å². The van der Waals surface area contributed by atoms with E-state index < -0.39 is 36.1 Å². The van der Waals surface area contributed by atoms with Crippen LogP contribution in [0.25, 0.3) is 0 Å². The summed E-state index contributed by atoms with van der Waals surface area (Å²) >= 11 is 0. The average Bonchev–Trinajstić information content (AvgIpc) is 3.26. The molecule has 2 aliphatic heterocycles. The van der Waals surface area contributed by atoms with Crippen molar-refractivity contribution in [3.63, 3.8) is 0 Å². The highest BCUT2D eigenvalue weighted by Crippen LogP contribution is 2.22. The largest absolute Gasteiger partial charge is 0.480 e. The number of benzene rings is 1. The molecule has 7 N–H and O–H groups in total. The summed E-state index contributed by atoms with van der Waals surface area (Å²) in [4.78, 5) is 50.3. The molecule has 186 valence electrons. The molecule has 2 heterocycles. The van der Waals surface area contributed by atoms with E-state index in [1.54, 1.807) is 0 Å². The minimum absolute atomic E-state index is 0.0327. The lowest BCUT2D eigenvalue weighted by atomic mass is 9.98. The molecule has 0 radical (unpaired) electrons. The van der Waals surface area contributed by atoms with E-state index in [1.165, 1.54) is 4.90 Å². The van der Waals surface area contributed by atoms with Crippen LogP contribution in [0.5, 0.6) is 0 Å². The normalized spacial score (nSPS) is 25.4. The number of nitrogens with two attached hydrogens (primary N) is 1. The summed E-state index contributed by atoms with van der Waals surface area (Å²) in [5.41, 5.74) is 6.34. The van der Waals surface area contributed by atoms with Crippen molar-refractivity contribution >= 4 is 23.7 Å². The number of aliphatic hydroxyl groups excluding tert-OH is 1. The maximum absolute atomic E-state index is 13.1. The van der Waals surface area contributed by atoms with Crippen molar-refractivity contribution in [2.24, 2.45) is 5.73 Å². The Kier molecular flexibility index (Phi) is 8.97. The first-order valence-electron chi connectivity index (χ1n) is 11.6. The third-order valence-electron chi connectivity index (χ3n) is 6.32. The highest BCUT2D eigenvalue weighted by atomic mass is 16.4. The number of rotatable bonds is 9. The van der Waals surface area contributed by atoms with Gasteiger partial charge < -0.3 is 36.8 Å². The fourth-order valence-electron chi connectivity index (χ4n) is 4.52. The van der Waals surface area contributed by atoms with Gasteiger partial charge in [-0.3, -0.25) is 14.4 Å². The Hall–Kier alpha value is -3.02. The predicted molar refractivity (Wildman–Crippen MR) is 122 cm³/mol. The molecule has 0 aromatic heterocycles. The second-order valence-corrected chi connectivity index (χ2v) is 8.83. The predicted octanol–water partition coefficient (Wildman–Crippen LogP) is -1.65. The van der Waals surface area contributed by atoms with Crippen LogP contribution in [0.1, 0.15) is 31.2 Å². The lowest BCUT2D eigenvalue weighted by Gasteiger charge is -2.33. The zero-order chi connectivity index (χ0) is 24.7. The lowest BCUT2D eigenvalue weighted by molar-refractivity contribution is -0.149. The third kappa shape index (κ3) is 6.75. The molecular weight excluding hydrogens is 442 g/mol.